The first-order valence-corrected chi connectivity index (χ1v) is 5.42. The fourth-order valence-electron chi connectivity index (χ4n) is 1.45. The number of aromatic nitrogens is 2. The molecule has 2 aromatic rings. The fraction of sp³-hybridized carbons (Fsp3) is 0.182. The molecule has 0 radical (unpaired) electrons. The lowest BCUT2D eigenvalue weighted by atomic mass is 10.1. The Morgan fingerprint density at radius 3 is 2.87 bits per heavy atom. The third-order valence-corrected chi connectivity index (χ3v) is 2.99. The van der Waals surface area contributed by atoms with Crippen LogP contribution in [0.15, 0.2) is 35.1 Å². The largest absolute Gasteiger partial charge is 0.504 e. The molecule has 78 valence electrons. The lowest BCUT2D eigenvalue weighted by Crippen LogP contribution is -2.01. The minimum Gasteiger partial charge on any atom is -0.504 e. The van der Waals surface area contributed by atoms with Crippen molar-refractivity contribution in [3.05, 3.63) is 46.2 Å². The van der Waals surface area contributed by atoms with E-state index < -0.39 is 0 Å². The lowest BCUT2D eigenvalue weighted by molar-refractivity contribution is 0.469. The molecule has 4 heteroatoms. The van der Waals surface area contributed by atoms with Gasteiger partial charge in [0.05, 0.1) is 12.7 Å². The molecule has 0 aliphatic heterocycles. The van der Waals surface area contributed by atoms with Crippen molar-refractivity contribution >= 4 is 15.9 Å². The van der Waals surface area contributed by atoms with E-state index in [1.807, 2.05) is 12.1 Å². The summed E-state index contributed by atoms with van der Waals surface area (Å²) in [7, 11) is 0. The predicted octanol–water partition coefficient (Wildman–Crippen LogP) is 2.71. The molecule has 1 heterocycles. The first-order valence-electron chi connectivity index (χ1n) is 4.62. The Bertz CT molecular complexity index is 479. The van der Waals surface area contributed by atoms with Crippen molar-refractivity contribution in [2.75, 3.05) is 0 Å². The van der Waals surface area contributed by atoms with Gasteiger partial charge in [-0.3, -0.25) is 4.68 Å². The maximum absolute atomic E-state index is 9.34. The molecule has 1 aromatic carbocycles. The molecule has 0 atom stereocenters. The van der Waals surface area contributed by atoms with Crippen LogP contribution in [0.1, 0.15) is 11.1 Å². The maximum atomic E-state index is 9.34. The monoisotopic (exact) mass is 266 g/mol. The van der Waals surface area contributed by atoms with Crippen LogP contribution in [-0.2, 0) is 6.54 Å². The van der Waals surface area contributed by atoms with Gasteiger partial charge in [-0.2, -0.15) is 5.10 Å². The second-order valence-electron chi connectivity index (χ2n) is 3.47. The van der Waals surface area contributed by atoms with E-state index in [-0.39, 0.29) is 5.75 Å². The van der Waals surface area contributed by atoms with Crippen molar-refractivity contribution in [3.63, 3.8) is 0 Å². The Kier molecular flexibility index (Phi) is 2.77. The molecule has 0 saturated heterocycles. The highest BCUT2D eigenvalue weighted by atomic mass is 79.9. The van der Waals surface area contributed by atoms with Gasteiger partial charge in [0, 0.05) is 0 Å². The van der Waals surface area contributed by atoms with E-state index in [4.69, 9.17) is 0 Å². The van der Waals surface area contributed by atoms with Gasteiger partial charge in [-0.05, 0) is 28.4 Å². The zero-order valence-electron chi connectivity index (χ0n) is 8.31. The number of rotatable bonds is 2. The molecule has 15 heavy (non-hydrogen) atoms. The minimum absolute atomic E-state index is 0.169. The summed E-state index contributed by atoms with van der Waals surface area (Å²) in [4.78, 5) is 0. The summed E-state index contributed by atoms with van der Waals surface area (Å²) < 4.78 is 2.33. The van der Waals surface area contributed by atoms with Crippen LogP contribution in [0.4, 0.5) is 0 Å². The zero-order chi connectivity index (χ0) is 10.8. The zero-order valence-corrected chi connectivity index (χ0v) is 9.90. The van der Waals surface area contributed by atoms with Gasteiger partial charge in [0.2, 0.25) is 0 Å². The van der Waals surface area contributed by atoms with Gasteiger partial charge in [0.25, 0.3) is 0 Å². The van der Waals surface area contributed by atoms with Crippen LogP contribution >= 0.6 is 15.9 Å². The highest BCUT2D eigenvalue weighted by molar-refractivity contribution is 9.10. The number of aromatic hydroxyl groups is 1. The molecule has 0 spiro atoms. The molecule has 0 aliphatic rings. The van der Waals surface area contributed by atoms with Gasteiger partial charge in [0.15, 0.2) is 5.75 Å². The first kappa shape index (κ1) is 10.2. The van der Waals surface area contributed by atoms with Crippen LogP contribution in [0.3, 0.4) is 0 Å². The molecule has 3 nitrogen and oxygen atoms in total. The van der Waals surface area contributed by atoms with Gasteiger partial charge in [-0.15, -0.1) is 0 Å². The van der Waals surface area contributed by atoms with Gasteiger partial charge in [-0.1, -0.05) is 29.8 Å². The lowest BCUT2D eigenvalue weighted by Gasteiger charge is -2.04. The van der Waals surface area contributed by atoms with Crippen LogP contribution in [0.25, 0.3) is 0 Å². The van der Waals surface area contributed by atoms with Crippen molar-refractivity contribution in [2.24, 2.45) is 0 Å². The van der Waals surface area contributed by atoms with Crippen LogP contribution in [-0.4, -0.2) is 14.9 Å². The molecule has 2 rings (SSSR count). The summed E-state index contributed by atoms with van der Waals surface area (Å²) in [5.41, 5.74) is 2.39. The fourth-order valence-corrected chi connectivity index (χ4v) is 1.77. The van der Waals surface area contributed by atoms with Gasteiger partial charge >= 0.3 is 0 Å². The molecule has 1 N–H and O–H groups in total. The molecule has 0 bridgehead atoms. The Morgan fingerprint density at radius 1 is 1.47 bits per heavy atom. The van der Waals surface area contributed by atoms with Crippen molar-refractivity contribution in [2.45, 2.75) is 13.5 Å². The molecule has 1 aromatic heterocycles. The summed E-state index contributed by atoms with van der Waals surface area (Å²) in [6, 6.07) is 8.21. The third-order valence-electron chi connectivity index (χ3n) is 2.17. The number of halogens is 1. The van der Waals surface area contributed by atoms with E-state index in [1.54, 1.807) is 4.68 Å². The Morgan fingerprint density at radius 2 is 2.27 bits per heavy atom. The molecular weight excluding hydrogens is 256 g/mol. The molecule has 0 amide bonds. The van der Waals surface area contributed by atoms with Gasteiger partial charge < -0.3 is 5.11 Å². The summed E-state index contributed by atoms with van der Waals surface area (Å²) in [5.74, 6) is 0.169. The second-order valence-corrected chi connectivity index (χ2v) is 4.22. The number of aryl methyl sites for hydroxylation is 1. The van der Waals surface area contributed by atoms with Crippen LogP contribution in [0.5, 0.6) is 5.75 Å². The van der Waals surface area contributed by atoms with E-state index in [1.165, 1.54) is 17.3 Å². The smallest absolute Gasteiger partial charge is 0.168 e. The van der Waals surface area contributed by atoms with E-state index in [0.29, 0.717) is 11.1 Å². The normalized spacial score (nSPS) is 10.5. The molecular formula is C11H11BrN2O. The summed E-state index contributed by atoms with van der Waals surface area (Å²) in [6.07, 6.45) is 1.43. The van der Waals surface area contributed by atoms with Crippen molar-refractivity contribution in [1.29, 1.82) is 0 Å². The molecule has 0 fully saturated rings. The number of hydrogen-bond acceptors (Lipinski definition) is 2. The summed E-state index contributed by atoms with van der Waals surface area (Å²) in [6.45, 7) is 2.71. The van der Waals surface area contributed by atoms with Crippen LogP contribution in [0, 0.1) is 6.92 Å². The van der Waals surface area contributed by atoms with E-state index in [9.17, 15) is 5.11 Å². The third kappa shape index (κ3) is 2.21. The van der Waals surface area contributed by atoms with E-state index in [0.717, 1.165) is 0 Å². The quantitative estimate of drug-likeness (QED) is 0.908. The average Bonchev–Trinajstić information content (AvgIpc) is 2.50. The van der Waals surface area contributed by atoms with E-state index >= 15 is 0 Å². The highest BCUT2D eigenvalue weighted by Crippen LogP contribution is 2.23. The SMILES string of the molecule is Cc1cccc(Cn2ncc(O)c2Br)c1. The molecule has 0 unspecified atom stereocenters. The Labute approximate surface area is 96.5 Å². The first-order chi connectivity index (χ1) is 7.16. The van der Waals surface area contributed by atoms with Crippen molar-refractivity contribution in [3.8, 4) is 5.75 Å². The Hall–Kier alpha value is -1.29. The number of hydrogen-bond donors (Lipinski definition) is 1. The number of nitrogens with zero attached hydrogens (tertiary/aromatic N) is 2. The van der Waals surface area contributed by atoms with Crippen molar-refractivity contribution < 1.29 is 5.11 Å². The number of benzene rings is 1. The minimum atomic E-state index is 0.169. The highest BCUT2D eigenvalue weighted by Gasteiger charge is 2.06. The molecule has 0 saturated carbocycles. The average molecular weight is 267 g/mol. The molecule has 0 aliphatic carbocycles. The predicted molar refractivity (Wildman–Crippen MR) is 61.9 cm³/mol. The van der Waals surface area contributed by atoms with Crippen LogP contribution in [0.2, 0.25) is 0 Å². The van der Waals surface area contributed by atoms with Crippen molar-refractivity contribution in [1.82, 2.24) is 9.78 Å². The topological polar surface area (TPSA) is 38.0 Å². The summed E-state index contributed by atoms with van der Waals surface area (Å²) >= 11 is 3.28. The second kappa shape index (κ2) is 4.06. The maximum Gasteiger partial charge on any atom is 0.168 e. The van der Waals surface area contributed by atoms with Crippen LogP contribution < -0.4 is 0 Å². The van der Waals surface area contributed by atoms with Gasteiger partial charge in [-0.25, -0.2) is 0 Å². The van der Waals surface area contributed by atoms with Gasteiger partial charge in [0.1, 0.15) is 4.60 Å². The standard InChI is InChI=1S/C11H11BrN2O/c1-8-3-2-4-9(5-8)7-14-11(12)10(15)6-13-14/h2-6,15H,7H2,1H3. The summed E-state index contributed by atoms with van der Waals surface area (Å²) in [5, 5.41) is 13.4. The van der Waals surface area contributed by atoms with E-state index in [2.05, 4.69) is 40.1 Å². The Balaban J connectivity index is 2.26.